The quantitative estimate of drug-likeness (QED) is 0.482. The Kier molecular flexibility index (Phi) is 4.71. The molecule has 9 heteroatoms. The van der Waals surface area contributed by atoms with Gasteiger partial charge in [-0.1, -0.05) is 22.0 Å². The van der Waals surface area contributed by atoms with Crippen LogP contribution in [0.4, 0.5) is 23.0 Å². The van der Waals surface area contributed by atoms with E-state index in [-0.39, 0.29) is 23.9 Å². The summed E-state index contributed by atoms with van der Waals surface area (Å²) in [6.07, 6.45) is 2.80. The highest BCUT2D eigenvalue weighted by atomic mass is 79.9. The average molecular weight is 390 g/mol. The second-order valence-electron chi connectivity index (χ2n) is 4.74. The minimum absolute atomic E-state index is 0.107. The second-order valence-corrected chi connectivity index (χ2v) is 5.66. The number of furan rings is 1. The van der Waals surface area contributed by atoms with Gasteiger partial charge in [0.2, 0.25) is 11.6 Å². The molecule has 2 N–H and O–H groups in total. The Morgan fingerprint density at radius 1 is 1.21 bits per heavy atom. The third-order valence-electron chi connectivity index (χ3n) is 3.10. The lowest BCUT2D eigenvalue weighted by Crippen LogP contribution is -2.08. The summed E-state index contributed by atoms with van der Waals surface area (Å²) in [5, 5.41) is 17.3. The zero-order valence-electron chi connectivity index (χ0n) is 12.3. The van der Waals surface area contributed by atoms with E-state index in [0.717, 1.165) is 4.47 Å². The lowest BCUT2D eigenvalue weighted by Gasteiger charge is -2.09. The lowest BCUT2D eigenvalue weighted by molar-refractivity contribution is -0.383. The molecule has 0 bridgehead atoms. The number of anilines is 3. The fraction of sp³-hybridized carbons (Fsp3) is 0.0667. The molecule has 0 amide bonds. The van der Waals surface area contributed by atoms with E-state index in [9.17, 15) is 10.1 Å². The van der Waals surface area contributed by atoms with Crippen LogP contribution in [-0.4, -0.2) is 14.9 Å². The molecule has 0 fully saturated rings. The molecule has 0 aliphatic rings. The number of nitrogens with one attached hydrogen (secondary N) is 2. The summed E-state index contributed by atoms with van der Waals surface area (Å²) in [6, 6.07) is 10.8. The van der Waals surface area contributed by atoms with Gasteiger partial charge < -0.3 is 15.1 Å². The molecule has 3 aromatic rings. The van der Waals surface area contributed by atoms with Gasteiger partial charge in [0, 0.05) is 10.2 Å². The third kappa shape index (κ3) is 3.69. The molecule has 8 nitrogen and oxygen atoms in total. The molecule has 1 aromatic carbocycles. The van der Waals surface area contributed by atoms with Gasteiger partial charge in [0.1, 0.15) is 12.1 Å². The second kappa shape index (κ2) is 7.09. The minimum Gasteiger partial charge on any atom is -0.467 e. The molecule has 0 radical (unpaired) electrons. The van der Waals surface area contributed by atoms with E-state index >= 15 is 0 Å². The number of hydrogen-bond acceptors (Lipinski definition) is 7. The highest BCUT2D eigenvalue weighted by Gasteiger charge is 2.23. The number of hydrogen-bond donors (Lipinski definition) is 2. The first kappa shape index (κ1) is 15.9. The van der Waals surface area contributed by atoms with E-state index in [1.54, 1.807) is 24.3 Å². The summed E-state index contributed by atoms with van der Waals surface area (Å²) >= 11 is 3.35. The molecular formula is C15H12BrN5O3. The molecule has 3 rings (SSSR count). The molecule has 0 saturated heterocycles. The number of halogens is 1. The minimum atomic E-state index is -0.523. The van der Waals surface area contributed by atoms with Crippen LogP contribution < -0.4 is 10.6 Å². The fourth-order valence-corrected chi connectivity index (χ4v) is 2.46. The van der Waals surface area contributed by atoms with E-state index in [4.69, 9.17) is 4.42 Å². The Labute approximate surface area is 145 Å². The third-order valence-corrected chi connectivity index (χ3v) is 3.60. The molecule has 0 aliphatic heterocycles. The van der Waals surface area contributed by atoms with Crippen molar-refractivity contribution in [2.24, 2.45) is 0 Å². The standard InChI is InChI=1S/C15H12BrN5O3/c16-10-3-1-4-11(7-10)20-15-13(21(22)23)14(18-9-19-15)17-8-12-5-2-6-24-12/h1-7,9H,8H2,(H2,17,18,19,20). The van der Waals surface area contributed by atoms with Crippen LogP contribution in [0.15, 0.2) is 57.9 Å². The molecule has 24 heavy (non-hydrogen) atoms. The van der Waals surface area contributed by atoms with Crippen LogP contribution in [-0.2, 0) is 6.54 Å². The van der Waals surface area contributed by atoms with Crippen molar-refractivity contribution >= 4 is 38.9 Å². The van der Waals surface area contributed by atoms with Gasteiger partial charge in [-0.3, -0.25) is 10.1 Å². The topological polar surface area (TPSA) is 106 Å². The predicted octanol–water partition coefficient (Wildman–Crippen LogP) is 4.10. The highest BCUT2D eigenvalue weighted by molar-refractivity contribution is 9.10. The summed E-state index contributed by atoms with van der Waals surface area (Å²) in [7, 11) is 0. The summed E-state index contributed by atoms with van der Waals surface area (Å²) in [5.41, 5.74) is 0.437. The fourth-order valence-electron chi connectivity index (χ4n) is 2.06. The number of nitro groups is 1. The van der Waals surface area contributed by atoms with Gasteiger partial charge in [0.15, 0.2) is 0 Å². The van der Waals surface area contributed by atoms with Crippen molar-refractivity contribution in [1.82, 2.24) is 9.97 Å². The summed E-state index contributed by atoms with van der Waals surface area (Å²) in [5.74, 6) is 0.864. The molecule has 0 spiro atoms. The number of aromatic nitrogens is 2. The molecule has 2 heterocycles. The molecule has 0 unspecified atom stereocenters. The van der Waals surface area contributed by atoms with E-state index in [2.05, 4.69) is 36.5 Å². The molecule has 2 aromatic heterocycles. The van der Waals surface area contributed by atoms with Crippen LogP contribution in [0, 0.1) is 10.1 Å². The van der Waals surface area contributed by atoms with E-state index in [1.807, 2.05) is 12.1 Å². The lowest BCUT2D eigenvalue weighted by atomic mass is 10.3. The average Bonchev–Trinajstić information content (AvgIpc) is 3.06. The molecule has 122 valence electrons. The van der Waals surface area contributed by atoms with Crippen molar-refractivity contribution < 1.29 is 9.34 Å². The Hall–Kier alpha value is -2.94. The number of benzene rings is 1. The normalized spacial score (nSPS) is 10.4. The Balaban J connectivity index is 1.88. The first-order valence-corrected chi connectivity index (χ1v) is 7.71. The SMILES string of the molecule is O=[N+]([O-])c1c(NCc2ccco2)ncnc1Nc1cccc(Br)c1. The van der Waals surface area contributed by atoms with Crippen molar-refractivity contribution in [3.05, 3.63) is 69.3 Å². The zero-order chi connectivity index (χ0) is 16.9. The molecular weight excluding hydrogens is 378 g/mol. The van der Waals surface area contributed by atoms with Crippen LogP contribution >= 0.6 is 15.9 Å². The van der Waals surface area contributed by atoms with Gasteiger partial charge in [0.05, 0.1) is 17.7 Å². The Bertz CT molecular complexity index is 854. The maximum Gasteiger partial charge on any atom is 0.353 e. The summed E-state index contributed by atoms with van der Waals surface area (Å²) < 4.78 is 6.05. The highest BCUT2D eigenvalue weighted by Crippen LogP contribution is 2.31. The van der Waals surface area contributed by atoms with Crippen LogP contribution in [0.1, 0.15) is 5.76 Å². The van der Waals surface area contributed by atoms with Crippen molar-refractivity contribution in [1.29, 1.82) is 0 Å². The monoisotopic (exact) mass is 389 g/mol. The first-order chi connectivity index (χ1) is 11.6. The van der Waals surface area contributed by atoms with E-state index < -0.39 is 4.92 Å². The maximum absolute atomic E-state index is 11.5. The zero-order valence-corrected chi connectivity index (χ0v) is 13.9. The smallest absolute Gasteiger partial charge is 0.353 e. The molecule has 0 atom stereocenters. The van der Waals surface area contributed by atoms with Gasteiger partial charge >= 0.3 is 5.69 Å². The van der Waals surface area contributed by atoms with Crippen molar-refractivity contribution in [2.45, 2.75) is 6.54 Å². The van der Waals surface area contributed by atoms with Gasteiger partial charge in [-0.05, 0) is 30.3 Å². The predicted molar refractivity (Wildman–Crippen MR) is 92.1 cm³/mol. The number of nitrogens with zero attached hydrogens (tertiary/aromatic N) is 3. The van der Waals surface area contributed by atoms with Crippen LogP contribution in [0.3, 0.4) is 0 Å². The van der Waals surface area contributed by atoms with Crippen molar-refractivity contribution in [2.75, 3.05) is 10.6 Å². The van der Waals surface area contributed by atoms with Gasteiger partial charge in [-0.15, -0.1) is 0 Å². The summed E-state index contributed by atoms with van der Waals surface area (Å²) in [6.45, 7) is 0.279. The summed E-state index contributed by atoms with van der Waals surface area (Å²) in [4.78, 5) is 18.9. The van der Waals surface area contributed by atoms with Crippen molar-refractivity contribution in [3.8, 4) is 0 Å². The van der Waals surface area contributed by atoms with Crippen LogP contribution in [0.25, 0.3) is 0 Å². The van der Waals surface area contributed by atoms with Crippen LogP contribution in [0.2, 0.25) is 0 Å². The van der Waals surface area contributed by atoms with Gasteiger partial charge in [-0.25, -0.2) is 9.97 Å². The molecule has 0 aliphatic carbocycles. The van der Waals surface area contributed by atoms with Gasteiger partial charge in [-0.2, -0.15) is 0 Å². The Morgan fingerprint density at radius 3 is 2.75 bits per heavy atom. The van der Waals surface area contributed by atoms with E-state index in [1.165, 1.54) is 12.6 Å². The Morgan fingerprint density at radius 2 is 2.04 bits per heavy atom. The van der Waals surface area contributed by atoms with Crippen LogP contribution in [0.5, 0.6) is 0 Å². The maximum atomic E-state index is 11.5. The van der Waals surface area contributed by atoms with Gasteiger partial charge in [0.25, 0.3) is 0 Å². The van der Waals surface area contributed by atoms with Crippen molar-refractivity contribution in [3.63, 3.8) is 0 Å². The molecule has 0 saturated carbocycles. The first-order valence-electron chi connectivity index (χ1n) is 6.91. The largest absolute Gasteiger partial charge is 0.467 e. The van der Waals surface area contributed by atoms with E-state index in [0.29, 0.717) is 11.4 Å². The number of rotatable bonds is 6.